The van der Waals surface area contributed by atoms with Crippen molar-refractivity contribution in [1.29, 1.82) is 0 Å². The molecule has 0 unspecified atom stereocenters. The topological polar surface area (TPSA) is 105 Å². The molecule has 0 bridgehead atoms. The van der Waals surface area contributed by atoms with Gasteiger partial charge in [0.05, 0.1) is 11.7 Å². The first-order valence-electron chi connectivity index (χ1n) is 7.83. The van der Waals surface area contributed by atoms with E-state index >= 15 is 0 Å². The van der Waals surface area contributed by atoms with Crippen molar-refractivity contribution < 1.29 is 19.5 Å². The highest BCUT2D eigenvalue weighted by atomic mass is 16.4. The Bertz CT molecular complexity index is 874. The second kappa shape index (κ2) is 5.12. The van der Waals surface area contributed by atoms with Gasteiger partial charge in [-0.25, -0.2) is 4.79 Å². The molecule has 2 aromatic heterocycles. The van der Waals surface area contributed by atoms with Crippen LogP contribution in [0.3, 0.4) is 0 Å². The minimum Gasteiger partial charge on any atom is -0.480 e. The second-order valence-corrected chi connectivity index (χ2v) is 6.41. The second-order valence-electron chi connectivity index (χ2n) is 6.41. The third kappa shape index (κ3) is 2.17. The van der Waals surface area contributed by atoms with Crippen LogP contribution >= 0.6 is 0 Å². The van der Waals surface area contributed by atoms with E-state index in [4.69, 9.17) is 0 Å². The zero-order chi connectivity index (χ0) is 17.0. The number of aromatic nitrogens is 3. The number of aliphatic carboxylic acids is 1. The summed E-state index contributed by atoms with van der Waals surface area (Å²) in [5.74, 6) is -1.13. The highest BCUT2D eigenvalue weighted by Gasteiger charge is 2.56. The number of carbonyl (C=O) groups excluding carboxylic acids is 2. The zero-order valence-electron chi connectivity index (χ0n) is 13.0. The summed E-state index contributed by atoms with van der Waals surface area (Å²) < 4.78 is 1.44. The summed E-state index contributed by atoms with van der Waals surface area (Å²) in [6.07, 6.45) is 4.51. The Balaban J connectivity index is 1.66. The first-order chi connectivity index (χ1) is 11.5. The van der Waals surface area contributed by atoms with E-state index in [-0.39, 0.29) is 24.3 Å². The molecule has 8 heteroatoms. The van der Waals surface area contributed by atoms with Gasteiger partial charge in [0.2, 0.25) is 5.91 Å². The smallest absolute Gasteiger partial charge is 0.326 e. The average molecular weight is 328 g/mol. The van der Waals surface area contributed by atoms with Crippen molar-refractivity contribution in [3.05, 3.63) is 24.2 Å². The van der Waals surface area contributed by atoms with Gasteiger partial charge in [-0.1, -0.05) is 0 Å². The maximum Gasteiger partial charge on any atom is 0.326 e. The molecule has 2 aliphatic rings. The van der Waals surface area contributed by atoms with Crippen LogP contribution in [0.2, 0.25) is 0 Å². The van der Waals surface area contributed by atoms with Gasteiger partial charge in [-0.15, -0.1) is 0 Å². The van der Waals surface area contributed by atoms with E-state index in [2.05, 4.69) is 10.1 Å². The van der Waals surface area contributed by atoms with E-state index in [9.17, 15) is 19.5 Å². The van der Waals surface area contributed by atoms with Crippen LogP contribution in [0.25, 0.3) is 10.9 Å². The van der Waals surface area contributed by atoms with Crippen LogP contribution in [0.1, 0.15) is 30.3 Å². The number of ketones is 1. The fourth-order valence-corrected chi connectivity index (χ4v) is 3.65. The molecule has 0 aromatic carbocycles. The molecule has 3 atom stereocenters. The largest absolute Gasteiger partial charge is 0.480 e. The lowest BCUT2D eigenvalue weighted by Crippen LogP contribution is -2.44. The van der Waals surface area contributed by atoms with Crippen LogP contribution in [-0.2, 0) is 16.1 Å². The standard InChI is InChI=1S/C16H16N4O4/c1-8(21)15-10-2-3-17-6-13(10)19(18-15)7-14(22)20-11-4-9(11)5-12(20)16(23)24/h2-3,6,9,11-12H,4-5,7H2,1H3,(H,23,24)/t9-,11-,12+/m1/s1. The predicted molar refractivity (Wildman–Crippen MR) is 82.3 cm³/mol. The third-order valence-corrected chi connectivity index (χ3v) is 4.85. The van der Waals surface area contributed by atoms with Crippen molar-refractivity contribution in [2.24, 2.45) is 5.92 Å². The Kier molecular flexibility index (Phi) is 3.16. The number of amides is 1. The molecule has 1 amide bonds. The molecule has 2 aromatic rings. The Morgan fingerprint density at radius 3 is 2.83 bits per heavy atom. The molecule has 124 valence electrons. The Labute approximate surface area is 137 Å². The van der Waals surface area contributed by atoms with Gasteiger partial charge in [-0.05, 0) is 24.8 Å². The summed E-state index contributed by atoms with van der Waals surface area (Å²) in [6, 6.07) is 0.965. The first-order valence-corrected chi connectivity index (χ1v) is 7.83. The van der Waals surface area contributed by atoms with Gasteiger partial charge in [0.15, 0.2) is 5.78 Å². The Hall–Kier alpha value is -2.77. The van der Waals surface area contributed by atoms with E-state index in [1.165, 1.54) is 16.5 Å². The van der Waals surface area contributed by atoms with Crippen LogP contribution in [0.15, 0.2) is 18.5 Å². The van der Waals surface area contributed by atoms with Gasteiger partial charge in [-0.2, -0.15) is 5.10 Å². The van der Waals surface area contributed by atoms with Crippen molar-refractivity contribution >= 4 is 28.6 Å². The molecule has 1 saturated heterocycles. The van der Waals surface area contributed by atoms with E-state index in [1.54, 1.807) is 18.5 Å². The summed E-state index contributed by atoms with van der Waals surface area (Å²) in [4.78, 5) is 41.3. The van der Waals surface area contributed by atoms with Crippen LogP contribution in [-0.4, -0.2) is 54.5 Å². The quantitative estimate of drug-likeness (QED) is 0.829. The number of hydrogen-bond donors (Lipinski definition) is 1. The molecule has 4 rings (SSSR count). The lowest BCUT2D eigenvalue weighted by molar-refractivity contribution is -0.149. The molecule has 1 aliphatic heterocycles. The number of nitrogens with zero attached hydrogens (tertiary/aromatic N) is 4. The average Bonchev–Trinajstić information content (AvgIpc) is 3.04. The maximum absolute atomic E-state index is 12.7. The van der Waals surface area contributed by atoms with Gasteiger partial charge >= 0.3 is 5.97 Å². The van der Waals surface area contributed by atoms with Gasteiger partial charge in [0.25, 0.3) is 0 Å². The molecule has 2 fully saturated rings. The molecule has 0 spiro atoms. The number of carbonyl (C=O) groups is 3. The van der Waals surface area contributed by atoms with Crippen molar-refractivity contribution in [3.8, 4) is 0 Å². The molecule has 1 N–H and O–H groups in total. The molecule has 8 nitrogen and oxygen atoms in total. The molecule has 1 aliphatic carbocycles. The third-order valence-electron chi connectivity index (χ3n) is 4.85. The lowest BCUT2D eigenvalue weighted by Gasteiger charge is -2.24. The van der Waals surface area contributed by atoms with Crippen molar-refractivity contribution in [3.63, 3.8) is 0 Å². The molecule has 3 heterocycles. The maximum atomic E-state index is 12.7. The number of rotatable bonds is 4. The summed E-state index contributed by atoms with van der Waals surface area (Å²) >= 11 is 0. The molecule has 1 saturated carbocycles. The van der Waals surface area contributed by atoms with E-state index < -0.39 is 12.0 Å². The van der Waals surface area contributed by atoms with Gasteiger partial charge in [-0.3, -0.25) is 19.3 Å². The SMILES string of the molecule is CC(=O)c1nn(CC(=O)N2[C@@H]3C[C@@H]3C[C@H]2C(=O)O)c2cnccc12. The number of piperidine rings is 1. The van der Waals surface area contributed by atoms with Crippen molar-refractivity contribution in [2.45, 2.75) is 38.4 Å². The Morgan fingerprint density at radius 1 is 1.33 bits per heavy atom. The fourth-order valence-electron chi connectivity index (χ4n) is 3.65. The fraction of sp³-hybridized carbons (Fsp3) is 0.438. The van der Waals surface area contributed by atoms with Gasteiger partial charge < -0.3 is 10.0 Å². The van der Waals surface area contributed by atoms with Crippen LogP contribution in [0, 0.1) is 5.92 Å². The number of Topliss-reactive ketones (excluding diaryl/α,β-unsaturated/α-hetero) is 1. The van der Waals surface area contributed by atoms with E-state index in [1.807, 2.05) is 0 Å². The zero-order valence-corrected chi connectivity index (χ0v) is 13.0. The van der Waals surface area contributed by atoms with E-state index in [0.29, 0.717) is 28.9 Å². The Morgan fingerprint density at radius 2 is 2.12 bits per heavy atom. The predicted octanol–water partition coefficient (Wildman–Crippen LogP) is 0.708. The number of fused-ring (bicyclic) bond motifs is 2. The molecule has 24 heavy (non-hydrogen) atoms. The summed E-state index contributed by atoms with van der Waals surface area (Å²) in [5, 5.41) is 14.2. The normalized spacial score (nSPS) is 24.9. The highest BCUT2D eigenvalue weighted by Crippen LogP contribution is 2.47. The number of likely N-dealkylation sites (tertiary alicyclic amines) is 1. The first kappa shape index (κ1) is 14.8. The number of hydrogen-bond acceptors (Lipinski definition) is 5. The number of carboxylic acids is 1. The summed E-state index contributed by atoms with van der Waals surface area (Å²) in [6.45, 7) is 1.33. The van der Waals surface area contributed by atoms with Crippen LogP contribution < -0.4 is 0 Å². The van der Waals surface area contributed by atoms with Crippen LogP contribution in [0.5, 0.6) is 0 Å². The highest BCUT2D eigenvalue weighted by molar-refractivity contribution is 6.04. The minimum absolute atomic E-state index is 0.0332. The molecular weight excluding hydrogens is 312 g/mol. The molecular formula is C16H16N4O4. The monoisotopic (exact) mass is 328 g/mol. The van der Waals surface area contributed by atoms with Gasteiger partial charge in [0, 0.05) is 24.5 Å². The number of pyridine rings is 1. The molecule has 0 radical (unpaired) electrons. The summed E-state index contributed by atoms with van der Waals surface area (Å²) in [5.41, 5.74) is 0.884. The van der Waals surface area contributed by atoms with Crippen LogP contribution in [0.4, 0.5) is 0 Å². The minimum atomic E-state index is -0.966. The summed E-state index contributed by atoms with van der Waals surface area (Å²) in [7, 11) is 0. The van der Waals surface area contributed by atoms with Crippen molar-refractivity contribution in [1.82, 2.24) is 19.7 Å². The lowest BCUT2D eigenvalue weighted by atomic mass is 10.1. The van der Waals surface area contributed by atoms with Crippen molar-refractivity contribution in [2.75, 3.05) is 0 Å². The van der Waals surface area contributed by atoms with E-state index in [0.717, 1.165) is 6.42 Å². The number of carboxylic acid groups (broad SMARTS) is 1. The van der Waals surface area contributed by atoms with Gasteiger partial charge in [0.1, 0.15) is 18.3 Å².